The molecule has 0 radical (unpaired) electrons. The molecule has 0 saturated heterocycles. The fraction of sp³-hybridized carbons (Fsp3) is 0.235. The number of nitrogens with zero attached hydrogens (tertiary/aromatic N) is 6. The summed E-state index contributed by atoms with van der Waals surface area (Å²) >= 11 is 0. The van der Waals surface area contributed by atoms with Gasteiger partial charge < -0.3 is 9.84 Å². The fourth-order valence-electron chi connectivity index (χ4n) is 2.71. The minimum atomic E-state index is 0.567. The Morgan fingerprint density at radius 3 is 2.68 bits per heavy atom. The van der Waals surface area contributed by atoms with Crippen LogP contribution in [0.4, 0.5) is 5.82 Å². The lowest BCUT2D eigenvalue weighted by molar-refractivity contribution is 0.392. The fourth-order valence-corrected chi connectivity index (χ4v) is 2.71. The van der Waals surface area contributed by atoms with Crippen LogP contribution in [0.25, 0.3) is 22.4 Å². The predicted molar refractivity (Wildman–Crippen MR) is 92.8 cm³/mol. The van der Waals surface area contributed by atoms with Crippen LogP contribution in [0.1, 0.15) is 17.0 Å². The lowest BCUT2D eigenvalue weighted by Crippen LogP contribution is -2.06. The van der Waals surface area contributed by atoms with E-state index in [0.29, 0.717) is 12.4 Å². The quantitative estimate of drug-likeness (QED) is 0.612. The van der Waals surface area contributed by atoms with Crippen molar-refractivity contribution in [3.05, 3.63) is 47.7 Å². The molecule has 0 aliphatic carbocycles. The van der Waals surface area contributed by atoms with Gasteiger partial charge in [-0.3, -0.25) is 9.67 Å². The Labute approximate surface area is 143 Å². The van der Waals surface area contributed by atoms with Crippen LogP contribution >= 0.6 is 0 Å². The van der Waals surface area contributed by atoms with Crippen molar-refractivity contribution in [2.75, 3.05) is 5.32 Å². The zero-order valence-corrected chi connectivity index (χ0v) is 14.2. The number of aromatic nitrogens is 6. The average molecular weight is 335 g/mol. The van der Waals surface area contributed by atoms with E-state index in [0.717, 1.165) is 39.4 Å². The second-order valence-electron chi connectivity index (χ2n) is 5.79. The molecule has 4 heterocycles. The summed E-state index contributed by atoms with van der Waals surface area (Å²) < 4.78 is 6.96. The van der Waals surface area contributed by atoms with Gasteiger partial charge in [0.25, 0.3) is 0 Å². The molecule has 0 saturated carbocycles. The van der Waals surface area contributed by atoms with Crippen molar-refractivity contribution in [2.24, 2.45) is 7.05 Å². The number of anilines is 1. The van der Waals surface area contributed by atoms with Crippen LogP contribution in [0, 0.1) is 13.8 Å². The van der Waals surface area contributed by atoms with Crippen molar-refractivity contribution < 1.29 is 4.52 Å². The Balaban J connectivity index is 1.77. The van der Waals surface area contributed by atoms with Crippen molar-refractivity contribution in [1.29, 1.82) is 0 Å². The summed E-state index contributed by atoms with van der Waals surface area (Å²) in [5, 5.41) is 12.5. The summed E-state index contributed by atoms with van der Waals surface area (Å²) in [6, 6.07) is 3.77. The van der Waals surface area contributed by atoms with E-state index in [1.165, 1.54) is 0 Å². The van der Waals surface area contributed by atoms with Gasteiger partial charge in [0.2, 0.25) is 0 Å². The second kappa shape index (κ2) is 5.97. The molecule has 0 aromatic carbocycles. The molecule has 0 amide bonds. The third-order valence-electron chi connectivity index (χ3n) is 4.14. The molecule has 0 spiro atoms. The highest BCUT2D eigenvalue weighted by molar-refractivity contribution is 5.88. The molecule has 126 valence electrons. The van der Waals surface area contributed by atoms with Gasteiger partial charge in [-0.15, -0.1) is 0 Å². The minimum Gasteiger partial charge on any atom is -0.365 e. The first kappa shape index (κ1) is 15.3. The Morgan fingerprint density at radius 1 is 1.16 bits per heavy atom. The molecule has 0 fully saturated rings. The van der Waals surface area contributed by atoms with E-state index in [9.17, 15) is 0 Å². The summed E-state index contributed by atoms with van der Waals surface area (Å²) in [4.78, 5) is 13.4. The Hall–Kier alpha value is -3.29. The van der Waals surface area contributed by atoms with Gasteiger partial charge in [0.05, 0.1) is 17.3 Å². The number of hydrogen-bond acceptors (Lipinski definition) is 7. The maximum absolute atomic E-state index is 5.22. The van der Waals surface area contributed by atoms with Gasteiger partial charge in [-0.05, 0) is 26.0 Å². The first-order valence-electron chi connectivity index (χ1n) is 7.89. The molecule has 0 unspecified atom stereocenters. The van der Waals surface area contributed by atoms with E-state index in [4.69, 9.17) is 4.52 Å². The summed E-state index contributed by atoms with van der Waals surface area (Å²) in [5.74, 6) is 2.15. The average Bonchev–Trinajstić information content (AvgIpc) is 3.16. The Morgan fingerprint density at radius 2 is 1.96 bits per heavy atom. The van der Waals surface area contributed by atoms with Gasteiger partial charge >= 0.3 is 0 Å². The molecule has 0 aliphatic rings. The van der Waals surface area contributed by atoms with Gasteiger partial charge in [0, 0.05) is 37.1 Å². The number of rotatable bonds is 4. The predicted octanol–water partition coefficient (Wildman–Crippen LogP) is 2.64. The highest BCUT2D eigenvalue weighted by atomic mass is 16.5. The van der Waals surface area contributed by atoms with Crippen LogP contribution in [0.3, 0.4) is 0 Å². The van der Waals surface area contributed by atoms with E-state index in [1.54, 1.807) is 23.3 Å². The molecule has 8 nitrogen and oxygen atoms in total. The van der Waals surface area contributed by atoms with Gasteiger partial charge in [0.15, 0.2) is 11.5 Å². The third-order valence-corrected chi connectivity index (χ3v) is 4.14. The van der Waals surface area contributed by atoms with E-state index in [-0.39, 0.29) is 0 Å². The molecule has 0 aliphatic heterocycles. The van der Waals surface area contributed by atoms with Crippen LogP contribution in [0.5, 0.6) is 0 Å². The lowest BCUT2D eigenvalue weighted by atomic mass is 10.2. The maximum atomic E-state index is 5.22. The number of nitrogens with one attached hydrogen (secondary N) is 1. The summed E-state index contributed by atoms with van der Waals surface area (Å²) in [6.45, 7) is 4.40. The largest absolute Gasteiger partial charge is 0.365 e. The molecule has 25 heavy (non-hydrogen) atoms. The van der Waals surface area contributed by atoms with Crippen molar-refractivity contribution in [1.82, 2.24) is 29.9 Å². The molecule has 4 aromatic heterocycles. The van der Waals surface area contributed by atoms with Crippen molar-refractivity contribution in [3.63, 3.8) is 0 Å². The molecular formula is C17H17N7O. The molecule has 1 N–H and O–H groups in total. The zero-order valence-electron chi connectivity index (χ0n) is 14.2. The topological polar surface area (TPSA) is 94.6 Å². The SMILES string of the molecule is Cc1noc(C)c1CNc1nc(-c2ccncc2)nc2c1cnn2C. The van der Waals surface area contributed by atoms with E-state index in [1.807, 2.05) is 33.0 Å². The first-order valence-corrected chi connectivity index (χ1v) is 7.89. The van der Waals surface area contributed by atoms with Gasteiger partial charge in [-0.2, -0.15) is 5.10 Å². The highest BCUT2D eigenvalue weighted by Gasteiger charge is 2.14. The zero-order chi connectivity index (χ0) is 17.4. The van der Waals surface area contributed by atoms with Gasteiger partial charge in [0.1, 0.15) is 11.6 Å². The maximum Gasteiger partial charge on any atom is 0.164 e. The van der Waals surface area contributed by atoms with E-state index >= 15 is 0 Å². The summed E-state index contributed by atoms with van der Waals surface area (Å²) in [5.41, 5.74) is 3.57. The second-order valence-corrected chi connectivity index (χ2v) is 5.79. The molecular weight excluding hydrogens is 318 g/mol. The van der Waals surface area contributed by atoms with Gasteiger partial charge in [-0.25, -0.2) is 9.97 Å². The number of aryl methyl sites for hydroxylation is 3. The molecule has 4 rings (SSSR count). The monoisotopic (exact) mass is 335 g/mol. The highest BCUT2D eigenvalue weighted by Crippen LogP contribution is 2.25. The molecule has 4 aromatic rings. The Kier molecular flexibility index (Phi) is 3.64. The van der Waals surface area contributed by atoms with Crippen molar-refractivity contribution >= 4 is 16.9 Å². The number of hydrogen-bond donors (Lipinski definition) is 1. The third kappa shape index (κ3) is 2.71. The van der Waals surface area contributed by atoms with Crippen LogP contribution in [-0.2, 0) is 13.6 Å². The first-order chi connectivity index (χ1) is 12.1. The normalized spacial score (nSPS) is 11.2. The summed E-state index contributed by atoms with van der Waals surface area (Å²) in [6.07, 6.45) is 5.22. The van der Waals surface area contributed by atoms with Crippen molar-refractivity contribution in [3.8, 4) is 11.4 Å². The standard InChI is InChI=1S/C17H17N7O/c1-10-13(11(2)25-23-10)8-19-16-14-9-20-24(3)17(14)22-15(21-16)12-4-6-18-7-5-12/h4-7,9H,8H2,1-3H3,(H,19,21,22). The smallest absolute Gasteiger partial charge is 0.164 e. The van der Waals surface area contributed by atoms with Crippen LogP contribution in [-0.4, -0.2) is 29.9 Å². The van der Waals surface area contributed by atoms with E-state index in [2.05, 4.69) is 30.5 Å². The number of pyridine rings is 1. The molecule has 0 atom stereocenters. The number of fused-ring (bicyclic) bond motifs is 1. The molecule has 8 heteroatoms. The summed E-state index contributed by atoms with van der Waals surface area (Å²) in [7, 11) is 1.86. The molecule has 0 bridgehead atoms. The van der Waals surface area contributed by atoms with E-state index < -0.39 is 0 Å². The lowest BCUT2D eigenvalue weighted by Gasteiger charge is -2.09. The van der Waals surface area contributed by atoms with Gasteiger partial charge in [-0.1, -0.05) is 5.16 Å². The van der Waals surface area contributed by atoms with Crippen LogP contribution in [0.2, 0.25) is 0 Å². The van der Waals surface area contributed by atoms with Crippen molar-refractivity contribution in [2.45, 2.75) is 20.4 Å². The van der Waals surface area contributed by atoms with Crippen LogP contribution in [0.15, 0.2) is 35.2 Å². The Bertz CT molecular complexity index is 1020. The minimum absolute atomic E-state index is 0.567. The van der Waals surface area contributed by atoms with Crippen LogP contribution < -0.4 is 5.32 Å².